The number of thioether (sulfide) groups is 1. The van der Waals surface area contributed by atoms with Crippen LogP contribution in [-0.2, 0) is 5.75 Å². The molecule has 0 atom stereocenters. The third-order valence-electron chi connectivity index (χ3n) is 5.35. The number of nitrogens with two attached hydrogens (primary N) is 1. The summed E-state index contributed by atoms with van der Waals surface area (Å²) in [7, 11) is 0. The van der Waals surface area contributed by atoms with Crippen LogP contribution in [0.25, 0.3) is 17.2 Å². The summed E-state index contributed by atoms with van der Waals surface area (Å²) in [5, 5.41) is 29.3. The third kappa shape index (κ3) is 6.22. The summed E-state index contributed by atoms with van der Waals surface area (Å²) in [5.41, 5.74) is 11.3. The number of hydrogen-bond donors (Lipinski definition) is 2. The van der Waals surface area contributed by atoms with Crippen LogP contribution in [0.15, 0.2) is 53.6 Å². The fourth-order valence-corrected chi connectivity index (χ4v) is 4.61. The summed E-state index contributed by atoms with van der Waals surface area (Å²) in [5.74, 6) is 1.70. The van der Waals surface area contributed by atoms with E-state index in [1.54, 1.807) is 24.3 Å². The Hall–Kier alpha value is -3.78. The first-order valence-corrected chi connectivity index (χ1v) is 12.2. The van der Waals surface area contributed by atoms with Gasteiger partial charge in [0.2, 0.25) is 0 Å². The maximum absolute atomic E-state index is 10.1. The van der Waals surface area contributed by atoms with Gasteiger partial charge in [0.1, 0.15) is 40.9 Å². The maximum atomic E-state index is 10.1. The van der Waals surface area contributed by atoms with Gasteiger partial charge < -0.3 is 15.6 Å². The van der Waals surface area contributed by atoms with Crippen molar-refractivity contribution in [3.05, 3.63) is 76.4 Å². The van der Waals surface area contributed by atoms with Crippen molar-refractivity contribution >= 4 is 23.7 Å². The lowest BCUT2D eigenvalue weighted by atomic mass is 9.97. The molecule has 0 radical (unpaired) electrons. The molecular weight excluding hydrogens is 456 g/mol. The van der Waals surface area contributed by atoms with Gasteiger partial charge in [-0.25, -0.2) is 4.98 Å². The molecular formula is C28H28N4O2S. The highest BCUT2D eigenvalue weighted by Gasteiger charge is 2.21. The smallest absolute Gasteiger partial charge is 0.143 e. The standard InChI is InChI=1S/C28H28N4O2S/c1-18(2)7-12-23-19(3)5-4-6-21(23)17-35-28-25(16-30)26(24(15-29)27(31)32-28)20-8-10-22(11-9-20)34-14-13-33/h4-12,18,33H,13-14,17H2,1-3H3,(H2,31,32)/b12-7-. The highest BCUT2D eigenvalue weighted by Crippen LogP contribution is 2.37. The van der Waals surface area contributed by atoms with E-state index >= 15 is 0 Å². The van der Waals surface area contributed by atoms with E-state index in [2.05, 4.69) is 62.2 Å². The summed E-state index contributed by atoms with van der Waals surface area (Å²) >= 11 is 1.43. The molecule has 7 heteroatoms. The molecule has 1 aromatic heterocycles. The van der Waals surface area contributed by atoms with Gasteiger partial charge in [0, 0.05) is 11.3 Å². The number of benzene rings is 2. The van der Waals surface area contributed by atoms with E-state index in [0.29, 0.717) is 39.1 Å². The lowest BCUT2D eigenvalue weighted by Gasteiger charge is -2.14. The first-order valence-electron chi connectivity index (χ1n) is 11.3. The van der Waals surface area contributed by atoms with Crippen molar-refractivity contribution in [2.75, 3.05) is 18.9 Å². The van der Waals surface area contributed by atoms with E-state index in [0.717, 1.165) is 11.1 Å². The molecule has 35 heavy (non-hydrogen) atoms. The lowest BCUT2D eigenvalue weighted by molar-refractivity contribution is 0.201. The predicted octanol–water partition coefficient (Wildman–Crippen LogP) is 5.72. The SMILES string of the molecule is Cc1cccc(CSc2nc(N)c(C#N)c(-c3ccc(OCCO)cc3)c2C#N)c1/C=C\C(C)C. The second kappa shape index (κ2) is 12.1. The molecule has 2 aromatic carbocycles. The van der Waals surface area contributed by atoms with E-state index in [1.165, 1.54) is 17.3 Å². The number of ether oxygens (including phenoxy) is 1. The molecule has 0 saturated carbocycles. The van der Waals surface area contributed by atoms with Crippen molar-refractivity contribution in [2.24, 2.45) is 5.92 Å². The van der Waals surface area contributed by atoms with Crippen molar-refractivity contribution in [3.63, 3.8) is 0 Å². The number of hydrogen-bond acceptors (Lipinski definition) is 7. The van der Waals surface area contributed by atoms with E-state index in [-0.39, 0.29) is 24.6 Å². The molecule has 1 heterocycles. The van der Waals surface area contributed by atoms with E-state index in [4.69, 9.17) is 15.6 Å². The van der Waals surface area contributed by atoms with Crippen LogP contribution in [0.5, 0.6) is 5.75 Å². The second-order valence-corrected chi connectivity index (χ2v) is 9.25. The topological polar surface area (TPSA) is 116 Å². The summed E-state index contributed by atoms with van der Waals surface area (Å²) in [6.07, 6.45) is 4.31. The van der Waals surface area contributed by atoms with E-state index < -0.39 is 0 Å². The van der Waals surface area contributed by atoms with Crippen LogP contribution in [0.1, 0.15) is 41.7 Å². The Morgan fingerprint density at radius 1 is 1.11 bits per heavy atom. The number of nitriles is 2. The number of nitrogen functional groups attached to an aromatic ring is 1. The van der Waals surface area contributed by atoms with Gasteiger partial charge in [0.15, 0.2) is 0 Å². The van der Waals surface area contributed by atoms with Crippen LogP contribution in [0.4, 0.5) is 5.82 Å². The summed E-state index contributed by atoms with van der Waals surface area (Å²) < 4.78 is 5.42. The molecule has 6 nitrogen and oxygen atoms in total. The van der Waals surface area contributed by atoms with Gasteiger partial charge in [0.05, 0.1) is 12.2 Å². The predicted molar refractivity (Wildman–Crippen MR) is 141 cm³/mol. The van der Waals surface area contributed by atoms with Crippen molar-refractivity contribution in [1.29, 1.82) is 10.5 Å². The van der Waals surface area contributed by atoms with Gasteiger partial charge in [-0.3, -0.25) is 0 Å². The highest BCUT2D eigenvalue weighted by molar-refractivity contribution is 7.98. The van der Waals surface area contributed by atoms with Crippen LogP contribution in [0.3, 0.4) is 0 Å². The molecule has 0 bridgehead atoms. The molecule has 3 N–H and O–H groups in total. The number of aliphatic hydroxyl groups is 1. The number of allylic oxidation sites excluding steroid dienone is 1. The second-order valence-electron chi connectivity index (χ2n) is 8.29. The third-order valence-corrected chi connectivity index (χ3v) is 6.37. The van der Waals surface area contributed by atoms with E-state index in [1.807, 2.05) is 6.07 Å². The van der Waals surface area contributed by atoms with E-state index in [9.17, 15) is 10.5 Å². The van der Waals surface area contributed by atoms with Gasteiger partial charge in [-0.05, 0) is 47.2 Å². The molecule has 0 aliphatic rings. The van der Waals surface area contributed by atoms with Crippen LogP contribution in [-0.4, -0.2) is 23.3 Å². The number of aryl methyl sites for hydroxylation is 1. The van der Waals surface area contributed by atoms with Gasteiger partial charge in [-0.15, -0.1) is 11.8 Å². The monoisotopic (exact) mass is 484 g/mol. The quantitative estimate of drug-likeness (QED) is 0.373. The molecule has 0 fully saturated rings. The van der Waals surface area contributed by atoms with Gasteiger partial charge in [-0.2, -0.15) is 10.5 Å². The largest absolute Gasteiger partial charge is 0.491 e. The molecule has 0 saturated heterocycles. The molecule has 178 valence electrons. The van der Waals surface area contributed by atoms with Crippen molar-refractivity contribution < 1.29 is 9.84 Å². The Morgan fingerprint density at radius 2 is 1.83 bits per heavy atom. The number of rotatable bonds is 9. The molecule has 0 amide bonds. The zero-order valence-corrected chi connectivity index (χ0v) is 20.9. The zero-order chi connectivity index (χ0) is 25.4. The minimum atomic E-state index is -0.0870. The number of pyridine rings is 1. The Balaban J connectivity index is 2.02. The van der Waals surface area contributed by atoms with Crippen LogP contribution >= 0.6 is 11.8 Å². The maximum Gasteiger partial charge on any atom is 0.143 e. The zero-order valence-electron chi connectivity index (χ0n) is 20.1. The fourth-order valence-electron chi connectivity index (χ4n) is 3.61. The Kier molecular flexibility index (Phi) is 8.92. The fraction of sp³-hybridized carbons (Fsp3) is 0.250. The molecule has 0 aliphatic carbocycles. The highest BCUT2D eigenvalue weighted by atomic mass is 32.2. The average Bonchev–Trinajstić information content (AvgIpc) is 2.85. The summed E-state index contributed by atoms with van der Waals surface area (Å²) in [6.45, 7) is 6.45. The molecule has 3 aromatic rings. The molecule has 3 rings (SSSR count). The normalized spacial score (nSPS) is 10.9. The number of nitrogens with zero attached hydrogens (tertiary/aromatic N) is 3. The minimum absolute atomic E-state index is 0.0870. The molecule has 0 aliphatic heterocycles. The van der Waals surface area contributed by atoms with Crippen molar-refractivity contribution in [2.45, 2.75) is 31.6 Å². The Morgan fingerprint density at radius 3 is 2.46 bits per heavy atom. The Labute approximate surface area is 210 Å². The Bertz CT molecular complexity index is 1300. The van der Waals surface area contributed by atoms with Crippen LogP contribution in [0, 0.1) is 35.5 Å². The number of aliphatic hydroxyl groups excluding tert-OH is 1. The van der Waals surface area contributed by atoms with Gasteiger partial charge in [-0.1, -0.05) is 56.3 Å². The van der Waals surface area contributed by atoms with Crippen molar-refractivity contribution in [3.8, 4) is 29.0 Å². The van der Waals surface area contributed by atoms with Crippen LogP contribution in [0.2, 0.25) is 0 Å². The molecule has 0 spiro atoms. The minimum Gasteiger partial charge on any atom is -0.491 e. The summed E-state index contributed by atoms with van der Waals surface area (Å²) in [6, 6.07) is 17.5. The summed E-state index contributed by atoms with van der Waals surface area (Å²) in [4.78, 5) is 4.43. The number of aromatic nitrogens is 1. The van der Waals surface area contributed by atoms with Crippen molar-refractivity contribution in [1.82, 2.24) is 4.98 Å². The van der Waals surface area contributed by atoms with Gasteiger partial charge in [0.25, 0.3) is 0 Å². The lowest BCUT2D eigenvalue weighted by Crippen LogP contribution is -2.04. The first-order chi connectivity index (χ1) is 16.9. The van der Waals surface area contributed by atoms with Gasteiger partial charge >= 0.3 is 0 Å². The average molecular weight is 485 g/mol. The number of anilines is 1. The van der Waals surface area contributed by atoms with Crippen LogP contribution < -0.4 is 10.5 Å². The first kappa shape index (κ1) is 25.8. The molecule has 0 unspecified atom stereocenters.